The zero-order chi connectivity index (χ0) is 17.4. The average Bonchev–Trinajstić information content (AvgIpc) is 3.21. The highest BCUT2D eigenvalue weighted by atomic mass is 32.2. The van der Waals surface area contributed by atoms with Crippen LogP contribution in [0.25, 0.3) is 0 Å². The van der Waals surface area contributed by atoms with Gasteiger partial charge in [-0.15, -0.1) is 0 Å². The first-order valence-electron chi connectivity index (χ1n) is 9.67. The predicted octanol–water partition coefficient (Wildman–Crippen LogP) is 2.63. The van der Waals surface area contributed by atoms with Crippen LogP contribution in [0, 0.1) is 5.92 Å². The van der Waals surface area contributed by atoms with E-state index in [0.29, 0.717) is 19.1 Å². The fourth-order valence-electron chi connectivity index (χ4n) is 4.78. The molecule has 3 aliphatic rings. The van der Waals surface area contributed by atoms with E-state index < -0.39 is 10.0 Å². The molecule has 1 saturated carbocycles. The Bertz CT molecular complexity index is 722. The Morgan fingerprint density at radius 3 is 2.72 bits per heavy atom. The first-order valence-corrected chi connectivity index (χ1v) is 11.5. The summed E-state index contributed by atoms with van der Waals surface area (Å²) in [5.74, 6) is 0.711. The van der Waals surface area contributed by atoms with Crippen LogP contribution in [-0.2, 0) is 34.3 Å². The van der Waals surface area contributed by atoms with Gasteiger partial charge >= 0.3 is 0 Å². The standard InChI is InChI=1S/C18H29N3O3S/c1-25(22,23)21-10-5-8-17(21)18-15-13-24-11-9-16(15)20(19-18)12-14-6-3-2-4-7-14/h14,17H,2-13H2,1H3. The minimum Gasteiger partial charge on any atom is -0.376 e. The number of hydrogen-bond donors (Lipinski definition) is 0. The molecule has 140 valence electrons. The van der Waals surface area contributed by atoms with Crippen molar-refractivity contribution < 1.29 is 13.2 Å². The molecule has 0 spiro atoms. The molecule has 1 aromatic rings. The largest absolute Gasteiger partial charge is 0.376 e. The number of fused-ring (bicyclic) bond motifs is 1. The highest BCUT2D eigenvalue weighted by Crippen LogP contribution is 2.37. The van der Waals surface area contributed by atoms with Gasteiger partial charge in [-0.2, -0.15) is 9.40 Å². The molecule has 2 fully saturated rings. The molecule has 0 amide bonds. The highest BCUT2D eigenvalue weighted by molar-refractivity contribution is 7.88. The Morgan fingerprint density at radius 1 is 1.16 bits per heavy atom. The van der Waals surface area contributed by atoms with Gasteiger partial charge in [0.2, 0.25) is 10.0 Å². The molecule has 6 nitrogen and oxygen atoms in total. The van der Waals surface area contributed by atoms with Crippen molar-refractivity contribution in [2.24, 2.45) is 5.92 Å². The Morgan fingerprint density at radius 2 is 1.96 bits per heavy atom. The number of nitrogens with zero attached hydrogens (tertiary/aromatic N) is 3. The summed E-state index contributed by atoms with van der Waals surface area (Å²) in [6.45, 7) is 2.90. The van der Waals surface area contributed by atoms with Gasteiger partial charge in [0, 0.05) is 30.8 Å². The van der Waals surface area contributed by atoms with E-state index in [-0.39, 0.29) is 6.04 Å². The highest BCUT2D eigenvalue weighted by Gasteiger charge is 2.37. The molecule has 0 bridgehead atoms. The number of aromatic nitrogens is 2. The maximum atomic E-state index is 12.2. The van der Waals surface area contributed by atoms with Crippen molar-refractivity contribution in [2.75, 3.05) is 19.4 Å². The van der Waals surface area contributed by atoms with Gasteiger partial charge in [0.1, 0.15) is 0 Å². The summed E-state index contributed by atoms with van der Waals surface area (Å²) in [7, 11) is -3.20. The van der Waals surface area contributed by atoms with Crippen LogP contribution in [0.3, 0.4) is 0 Å². The van der Waals surface area contributed by atoms with E-state index in [0.717, 1.165) is 43.7 Å². The fourth-order valence-corrected chi connectivity index (χ4v) is 5.91. The summed E-state index contributed by atoms with van der Waals surface area (Å²) in [6.07, 6.45) is 10.6. The molecule has 1 aliphatic carbocycles. The molecule has 25 heavy (non-hydrogen) atoms. The summed E-state index contributed by atoms with van der Waals surface area (Å²) < 4.78 is 33.9. The molecule has 1 unspecified atom stereocenters. The number of ether oxygens (including phenoxy) is 1. The third-order valence-corrected chi connectivity index (χ3v) is 7.32. The van der Waals surface area contributed by atoms with Crippen molar-refractivity contribution in [3.63, 3.8) is 0 Å². The van der Waals surface area contributed by atoms with Gasteiger partial charge in [-0.1, -0.05) is 19.3 Å². The zero-order valence-corrected chi connectivity index (χ0v) is 15.9. The van der Waals surface area contributed by atoms with Crippen LogP contribution < -0.4 is 0 Å². The Labute approximate surface area is 150 Å². The predicted molar refractivity (Wildman–Crippen MR) is 95.7 cm³/mol. The Hall–Kier alpha value is -0.920. The summed E-state index contributed by atoms with van der Waals surface area (Å²) >= 11 is 0. The summed E-state index contributed by atoms with van der Waals surface area (Å²) in [6, 6.07) is -0.113. The van der Waals surface area contributed by atoms with Gasteiger partial charge in [-0.05, 0) is 31.6 Å². The summed E-state index contributed by atoms with van der Waals surface area (Å²) in [5.41, 5.74) is 3.39. The molecular formula is C18H29N3O3S. The van der Waals surface area contributed by atoms with Gasteiger partial charge in [-0.25, -0.2) is 8.42 Å². The summed E-state index contributed by atoms with van der Waals surface area (Å²) in [4.78, 5) is 0. The number of sulfonamides is 1. The molecule has 0 N–H and O–H groups in total. The molecule has 1 saturated heterocycles. The lowest BCUT2D eigenvalue weighted by Crippen LogP contribution is -2.30. The molecule has 7 heteroatoms. The molecule has 3 heterocycles. The van der Waals surface area contributed by atoms with Crippen molar-refractivity contribution in [3.8, 4) is 0 Å². The maximum absolute atomic E-state index is 12.2. The van der Waals surface area contributed by atoms with Crippen molar-refractivity contribution in [1.82, 2.24) is 14.1 Å². The quantitative estimate of drug-likeness (QED) is 0.821. The Kier molecular flexibility index (Phi) is 4.90. The minimum absolute atomic E-state index is 0.113. The maximum Gasteiger partial charge on any atom is 0.211 e. The van der Waals surface area contributed by atoms with E-state index in [1.165, 1.54) is 44.1 Å². The topological polar surface area (TPSA) is 64.4 Å². The molecule has 2 aliphatic heterocycles. The first-order chi connectivity index (χ1) is 12.0. The van der Waals surface area contributed by atoms with E-state index in [2.05, 4.69) is 4.68 Å². The second-order valence-corrected chi connectivity index (χ2v) is 9.77. The van der Waals surface area contributed by atoms with E-state index >= 15 is 0 Å². The van der Waals surface area contributed by atoms with Crippen molar-refractivity contribution in [3.05, 3.63) is 17.0 Å². The average molecular weight is 368 g/mol. The van der Waals surface area contributed by atoms with Gasteiger partial charge < -0.3 is 4.74 Å². The molecule has 1 atom stereocenters. The van der Waals surface area contributed by atoms with Crippen molar-refractivity contribution in [1.29, 1.82) is 0 Å². The lowest BCUT2D eigenvalue weighted by Gasteiger charge is -2.23. The van der Waals surface area contributed by atoms with Crippen LogP contribution >= 0.6 is 0 Å². The second kappa shape index (κ2) is 7.00. The van der Waals surface area contributed by atoms with Crippen molar-refractivity contribution in [2.45, 2.75) is 70.6 Å². The van der Waals surface area contributed by atoms with Crippen LogP contribution in [0.1, 0.15) is 67.9 Å². The third-order valence-electron chi connectivity index (χ3n) is 6.03. The number of hydrogen-bond acceptors (Lipinski definition) is 4. The molecule has 4 rings (SSSR count). The smallest absolute Gasteiger partial charge is 0.211 e. The summed E-state index contributed by atoms with van der Waals surface area (Å²) in [5, 5.41) is 4.96. The van der Waals surface area contributed by atoms with E-state index in [1.807, 2.05) is 0 Å². The lowest BCUT2D eigenvalue weighted by atomic mass is 9.89. The molecule has 0 radical (unpaired) electrons. The van der Waals surface area contributed by atoms with Gasteiger partial charge in [0.25, 0.3) is 0 Å². The second-order valence-electron chi connectivity index (χ2n) is 7.83. The van der Waals surface area contributed by atoms with Gasteiger partial charge in [0.05, 0.1) is 31.2 Å². The molecular weight excluding hydrogens is 338 g/mol. The molecule has 0 aromatic carbocycles. The first kappa shape index (κ1) is 17.5. The van der Waals surface area contributed by atoms with Crippen LogP contribution in [0.2, 0.25) is 0 Å². The van der Waals surface area contributed by atoms with Gasteiger partial charge in [-0.3, -0.25) is 4.68 Å². The Balaban J connectivity index is 1.66. The van der Waals surface area contributed by atoms with E-state index in [1.54, 1.807) is 4.31 Å². The fraction of sp³-hybridized carbons (Fsp3) is 0.833. The molecule has 1 aromatic heterocycles. The lowest BCUT2D eigenvalue weighted by molar-refractivity contribution is 0.107. The van der Waals surface area contributed by atoms with Crippen LogP contribution in [-0.4, -0.2) is 41.9 Å². The van der Waals surface area contributed by atoms with Crippen LogP contribution in [0.15, 0.2) is 0 Å². The van der Waals surface area contributed by atoms with Crippen LogP contribution in [0.5, 0.6) is 0 Å². The van der Waals surface area contributed by atoms with Crippen molar-refractivity contribution >= 4 is 10.0 Å². The van der Waals surface area contributed by atoms with Gasteiger partial charge in [0.15, 0.2) is 0 Å². The SMILES string of the molecule is CS(=O)(=O)N1CCCC1c1nn(CC2CCCCC2)c2c1COCC2. The van der Waals surface area contributed by atoms with E-state index in [9.17, 15) is 8.42 Å². The normalized spacial score (nSPS) is 26.0. The zero-order valence-electron chi connectivity index (χ0n) is 15.1. The third kappa shape index (κ3) is 3.51. The van der Waals surface area contributed by atoms with E-state index in [4.69, 9.17) is 9.84 Å². The number of rotatable bonds is 4. The van der Waals surface area contributed by atoms with Crippen LogP contribution in [0.4, 0.5) is 0 Å². The monoisotopic (exact) mass is 367 g/mol. The minimum atomic E-state index is -3.20.